The summed E-state index contributed by atoms with van der Waals surface area (Å²) in [5.41, 5.74) is 1.14. The molecule has 0 fully saturated rings. The number of carbonyl (C=O) groups excluding carboxylic acids is 1. The van der Waals surface area contributed by atoms with Crippen LogP contribution in [0.2, 0.25) is 0 Å². The van der Waals surface area contributed by atoms with E-state index in [2.05, 4.69) is 15.2 Å². The largest absolute Gasteiger partial charge is 0.294 e. The third kappa shape index (κ3) is 1.93. The molecule has 1 heterocycles. The quantitative estimate of drug-likeness (QED) is 0.770. The molecule has 2 rings (SSSR count). The van der Waals surface area contributed by atoms with Gasteiger partial charge in [0.05, 0.1) is 0 Å². The molecule has 0 aliphatic carbocycles. The Morgan fingerprint density at radius 2 is 2.07 bits per heavy atom. The standard InChI is InChI=1S/C11H11N3O/c1-8(9-5-3-2-4-6-9)11-12-10(7-15)13-14-11/h2-8H,1H3,(H,12,13,14). The highest BCUT2D eigenvalue weighted by Gasteiger charge is 2.12. The van der Waals surface area contributed by atoms with Crippen LogP contribution in [-0.4, -0.2) is 21.5 Å². The summed E-state index contributed by atoms with van der Waals surface area (Å²) in [6, 6.07) is 9.96. The van der Waals surface area contributed by atoms with Crippen molar-refractivity contribution in [2.45, 2.75) is 12.8 Å². The summed E-state index contributed by atoms with van der Waals surface area (Å²) in [6.07, 6.45) is 0.637. The Kier molecular flexibility index (Phi) is 2.58. The van der Waals surface area contributed by atoms with Gasteiger partial charge < -0.3 is 0 Å². The van der Waals surface area contributed by atoms with Crippen LogP contribution in [0.4, 0.5) is 0 Å². The third-order valence-electron chi connectivity index (χ3n) is 2.34. The van der Waals surface area contributed by atoms with Crippen molar-refractivity contribution in [3.8, 4) is 0 Å². The summed E-state index contributed by atoms with van der Waals surface area (Å²) >= 11 is 0. The minimum atomic E-state index is 0.118. The van der Waals surface area contributed by atoms with Crippen molar-refractivity contribution in [2.24, 2.45) is 0 Å². The number of benzene rings is 1. The normalized spacial score (nSPS) is 12.3. The SMILES string of the molecule is CC(c1ccccc1)c1nc(C=O)n[nH]1. The van der Waals surface area contributed by atoms with Crippen LogP contribution in [0.25, 0.3) is 0 Å². The number of nitrogens with zero attached hydrogens (tertiary/aromatic N) is 2. The number of aromatic amines is 1. The Labute approximate surface area is 87.4 Å². The van der Waals surface area contributed by atoms with Gasteiger partial charge in [-0.3, -0.25) is 9.89 Å². The molecule has 0 aliphatic heterocycles. The zero-order chi connectivity index (χ0) is 10.7. The lowest BCUT2D eigenvalue weighted by Gasteiger charge is -2.07. The zero-order valence-corrected chi connectivity index (χ0v) is 8.34. The first kappa shape index (κ1) is 9.58. The summed E-state index contributed by atoms with van der Waals surface area (Å²) in [5, 5.41) is 6.54. The second-order valence-electron chi connectivity index (χ2n) is 3.33. The molecule has 0 spiro atoms. The van der Waals surface area contributed by atoms with Crippen molar-refractivity contribution >= 4 is 6.29 Å². The number of H-pyrrole nitrogens is 1. The molecule has 1 atom stereocenters. The Balaban J connectivity index is 2.28. The molecule has 0 bridgehead atoms. The molecule has 4 nitrogen and oxygen atoms in total. The lowest BCUT2D eigenvalue weighted by Crippen LogP contribution is -1.98. The van der Waals surface area contributed by atoms with E-state index < -0.39 is 0 Å². The Morgan fingerprint density at radius 3 is 2.67 bits per heavy atom. The lowest BCUT2D eigenvalue weighted by molar-refractivity contribution is 0.111. The van der Waals surface area contributed by atoms with Gasteiger partial charge in [-0.2, -0.15) is 5.10 Å². The molecule has 1 unspecified atom stereocenters. The van der Waals surface area contributed by atoms with Crippen molar-refractivity contribution < 1.29 is 4.79 Å². The van der Waals surface area contributed by atoms with Gasteiger partial charge in [-0.05, 0) is 5.56 Å². The number of hydrogen-bond donors (Lipinski definition) is 1. The second kappa shape index (κ2) is 4.04. The molecule has 2 aromatic rings. The van der Waals surface area contributed by atoms with Gasteiger partial charge in [-0.15, -0.1) is 0 Å². The molecule has 76 valence electrons. The minimum absolute atomic E-state index is 0.118. The Hall–Kier alpha value is -1.97. The zero-order valence-electron chi connectivity index (χ0n) is 8.34. The van der Waals surface area contributed by atoms with Crippen molar-refractivity contribution in [1.82, 2.24) is 15.2 Å². The highest BCUT2D eigenvalue weighted by atomic mass is 16.1. The molecule has 1 aromatic carbocycles. The van der Waals surface area contributed by atoms with Gasteiger partial charge >= 0.3 is 0 Å². The summed E-state index contributed by atoms with van der Waals surface area (Å²) in [7, 11) is 0. The van der Waals surface area contributed by atoms with Gasteiger partial charge in [0.25, 0.3) is 0 Å². The highest BCUT2D eigenvalue weighted by molar-refractivity contribution is 5.68. The summed E-state index contributed by atoms with van der Waals surface area (Å²) in [4.78, 5) is 14.5. The van der Waals surface area contributed by atoms with Crippen LogP contribution >= 0.6 is 0 Å². The topological polar surface area (TPSA) is 58.6 Å². The maximum absolute atomic E-state index is 10.4. The Morgan fingerprint density at radius 1 is 1.33 bits per heavy atom. The Bertz CT molecular complexity index is 450. The molecule has 0 saturated carbocycles. The van der Waals surface area contributed by atoms with E-state index in [-0.39, 0.29) is 11.7 Å². The molecule has 0 saturated heterocycles. The van der Waals surface area contributed by atoms with Crippen LogP contribution in [0.3, 0.4) is 0 Å². The molecule has 15 heavy (non-hydrogen) atoms. The molecule has 0 amide bonds. The summed E-state index contributed by atoms with van der Waals surface area (Å²) in [5.74, 6) is 1.03. The van der Waals surface area contributed by atoms with Crippen LogP contribution in [-0.2, 0) is 0 Å². The molecular formula is C11H11N3O. The number of hydrogen-bond acceptors (Lipinski definition) is 3. The van der Waals surface area contributed by atoms with Gasteiger partial charge in [0, 0.05) is 5.92 Å². The molecule has 0 aliphatic rings. The molecule has 0 radical (unpaired) electrons. The molecule has 1 aromatic heterocycles. The highest BCUT2D eigenvalue weighted by Crippen LogP contribution is 2.19. The van der Waals surface area contributed by atoms with Gasteiger partial charge in [-0.1, -0.05) is 37.3 Å². The van der Waals surface area contributed by atoms with Gasteiger partial charge in [0.15, 0.2) is 6.29 Å². The van der Waals surface area contributed by atoms with Crippen LogP contribution in [0, 0.1) is 0 Å². The maximum atomic E-state index is 10.4. The summed E-state index contributed by atoms with van der Waals surface area (Å²) in [6.45, 7) is 2.02. The van der Waals surface area contributed by atoms with E-state index in [1.807, 2.05) is 37.3 Å². The van der Waals surface area contributed by atoms with E-state index in [0.29, 0.717) is 12.1 Å². The smallest absolute Gasteiger partial charge is 0.214 e. The van der Waals surface area contributed by atoms with E-state index in [1.54, 1.807) is 0 Å². The van der Waals surface area contributed by atoms with Crippen LogP contribution in [0.15, 0.2) is 30.3 Å². The monoisotopic (exact) mass is 201 g/mol. The van der Waals surface area contributed by atoms with Crippen LogP contribution in [0.1, 0.15) is 34.8 Å². The van der Waals surface area contributed by atoms with Crippen molar-refractivity contribution in [1.29, 1.82) is 0 Å². The summed E-state index contributed by atoms with van der Waals surface area (Å²) < 4.78 is 0. The first-order chi connectivity index (χ1) is 7.31. The molecule has 4 heteroatoms. The minimum Gasteiger partial charge on any atom is -0.294 e. The van der Waals surface area contributed by atoms with Crippen molar-refractivity contribution in [3.63, 3.8) is 0 Å². The number of aromatic nitrogens is 3. The second-order valence-corrected chi connectivity index (χ2v) is 3.33. The number of rotatable bonds is 3. The maximum Gasteiger partial charge on any atom is 0.214 e. The van der Waals surface area contributed by atoms with Crippen LogP contribution < -0.4 is 0 Å². The fourth-order valence-electron chi connectivity index (χ4n) is 1.43. The van der Waals surface area contributed by atoms with Gasteiger partial charge in [0.1, 0.15) is 5.82 Å². The predicted octanol–water partition coefficient (Wildman–Crippen LogP) is 1.77. The number of carbonyl (C=O) groups is 1. The van der Waals surface area contributed by atoms with E-state index >= 15 is 0 Å². The average Bonchev–Trinajstić information content (AvgIpc) is 2.78. The van der Waals surface area contributed by atoms with Gasteiger partial charge in [-0.25, -0.2) is 4.98 Å². The molecular weight excluding hydrogens is 190 g/mol. The van der Waals surface area contributed by atoms with E-state index in [0.717, 1.165) is 5.56 Å². The van der Waals surface area contributed by atoms with Crippen LogP contribution in [0.5, 0.6) is 0 Å². The van der Waals surface area contributed by atoms with E-state index in [1.165, 1.54) is 0 Å². The fourth-order valence-corrected chi connectivity index (χ4v) is 1.43. The number of aldehydes is 1. The first-order valence-electron chi connectivity index (χ1n) is 4.73. The van der Waals surface area contributed by atoms with Crippen molar-refractivity contribution in [2.75, 3.05) is 0 Å². The molecule has 1 N–H and O–H groups in total. The number of nitrogens with one attached hydrogen (secondary N) is 1. The predicted molar refractivity (Wildman–Crippen MR) is 55.7 cm³/mol. The lowest BCUT2D eigenvalue weighted by atomic mass is 10.0. The van der Waals surface area contributed by atoms with E-state index in [4.69, 9.17) is 0 Å². The van der Waals surface area contributed by atoms with Crippen molar-refractivity contribution in [3.05, 3.63) is 47.5 Å². The first-order valence-corrected chi connectivity index (χ1v) is 4.73. The average molecular weight is 201 g/mol. The van der Waals surface area contributed by atoms with Gasteiger partial charge in [0.2, 0.25) is 5.82 Å². The van der Waals surface area contributed by atoms with E-state index in [9.17, 15) is 4.79 Å². The third-order valence-corrected chi connectivity index (χ3v) is 2.34. The fraction of sp³-hybridized carbons (Fsp3) is 0.182.